The molecular formula is C12H14Cl2N4O2S. The average molecular weight is 349 g/mol. The minimum atomic E-state index is -3.76. The van der Waals surface area contributed by atoms with Gasteiger partial charge in [0.25, 0.3) is 0 Å². The first-order valence-electron chi connectivity index (χ1n) is 5.99. The van der Waals surface area contributed by atoms with E-state index in [-0.39, 0.29) is 23.0 Å². The fraction of sp³-hybridized carbons (Fsp3) is 0.250. The van der Waals surface area contributed by atoms with Crippen molar-refractivity contribution in [3.05, 3.63) is 45.7 Å². The Morgan fingerprint density at radius 1 is 1.38 bits per heavy atom. The van der Waals surface area contributed by atoms with Crippen LogP contribution in [0, 0.1) is 0 Å². The van der Waals surface area contributed by atoms with Gasteiger partial charge in [-0.2, -0.15) is 5.10 Å². The van der Waals surface area contributed by atoms with Gasteiger partial charge in [0.05, 0.1) is 11.2 Å². The molecule has 0 aliphatic heterocycles. The zero-order valence-corrected chi connectivity index (χ0v) is 13.5. The van der Waals surface area contributed by atoms with Crippen LogP contribution in [0.1, 0.15) is 11.1 Å². The Kier molecular flexibility index (Phi) is 4.90. The normalized spacial score (nSPS) is 11.8. The standard InChI is InChI=1S/C12H14Cl2N4O2S/c1-18-7-8(5-16-18)6-17-21(19,20)11-3-2-10(13)9(4-15)12(11)14/h2-3,5,7,17H,4,6,15H2,1H3. The fourth-order valence-corrected chi connectivity index (χ4v) is 3.74. The highest BCUT2D eigenvalue weighted by Crippen LogP contribution is 2.30. The minimum Gasteiger partial charge on any atom is -0.326 e. The molecule has 0 atom stereocenters. The molecule has 0 saturated carbocycles. The zero-order valence-electron chi connectivity index (χ0n) is 11.2. The number of halogens is 2. The van der Waals surface area contributed by atoms with Crippen LogP contribution in [-0.2, 0) is 30.2 Å². The number of rotatable bonds is 5. The summed E-state index contributed by atoms with van der Waals surface area (Å²) in [6.45, 7) is 0.177. The van der Waals surface area contributed by atoms with E-state index in [4.69, 9.17) is 28.9 Å². The van der Waals surface area contributed by atoms with Crippen molar-refractivity contribution in [2.24, 2.45) is 12.8 Å². The summed E-state index contributed by atoms with van der Waals surface area (Å²) in [5.74, 6) is 0. The number of benzene rings is 1. The molecule has 21 heavy (non-hydrogen) atoms. The summed E-state index contributed by atoms with van der Waals surface area (Å²) in [5.41, 5.74) is 6.68. The van der Waals surface area contributed by atoms with E-state index in [1.54, 1.807) is 24.1 Å². The van der Waals surface area contributed by atoms with Gasteiger partial charge in [0, 0.05) is 42.5 Å². The van der Waals surface area contributed by atoms with Crippen molar-refractivity contribution in [1.82, 2.24) is 14.5 Å². The quantitative estimate of drug-likeness (QED) is 0.859. The number of hydrogen-bond acceptors (Lipinski definition) is 4. The molecule has 2 aromatic rings. The van der Waals surface area contributed by atoms with Gasteiger partial charge < -0.3 is 5.73 Å². The van der Waals surface area contributed by atoms with Crippen LogP contribution >= 0.6 is 23.2 Å². The van der Waals surface area contributed by atoms with E-state index < -0.39 is 10.0 Å². The van der Waals surface area contributed by atoms with Gasteiger partial charge >= 0.3 is 0 Å². The molecule has 0 fully saturated rings. The predicted molar refractivity (Wildman–Crippen MR) is 81.6 cm³/mol. The first kappa shape index (κ1) is 16.3. The predicted octanol–water partition coefficient (Wildman–Crippen LogP) is 1.66. The second-order valence-corrected chi connectivity index (χ2v) is 6.91. The molecular weight excluding hydrogens is 335 g/mol. The third-order valence-electron chi connectivity index (χ3n) is 2.87. The third-order valence-corrected chi connectivity index (χ3v) is 5.21. The topological polar surface area (TPSA) is 90.0 Å². The molecule has 0 aliphatic carbocycles. The van der Waals surface area contributed by atoms with Crippen LogP contribution in [-0.4, -0.2) is 18.2 Å². The molecule has 0 spiro atoms. The highest BCUT2D eigenvalue weighted by molar-refractivity contribution is 7.89. The van der Waals surface area contributed by atoms with Crippen molar-refractivity contribution in [2.45, 2.75) is 18.0 Å². The Hall–Kier alpha value is -1.12. The maximum absolute atomic E-state index is 12.3. The summed E-state index contributed by atoms with van der Waals surface area (Å²) in [7, 11) is -2.01. The van der Waals surface area contributed by atoms with Crippen molar-refractivity contribution in [2.75, 3.05) is 0 Å². The van der Waals surface area contributed by atoms with Crippen molar-refractivity contribution in [3.8, 4) is 0 Å². The van der Waals surface area contributed by atoms with Crippen molar-refractivity contribution < 1.29 is 8.42 Å². The number of sulfonamides is 1. The van der Waals surface area contributed by atoms with Crippen LogP contribution < -0.4 is 10.5 Å². The van der Waals surface area contributed by atoms with Gasteiger partial charge in [-0.05, 0) is 12.1 Å². The van der Waals surface area contributed by atoms with Crippen LogP contribution in [0.25, 0.3) is 0 Å². The van der Waals surface area contributed by atoms with Crippen molar-refractivity contribution in [1.29, 1.82) is 0 Å². The average Bonchev–Trinajstić information content (AvgIpc) is 2.83. The lowest BCUT2D eigenvalue weighted by Crippen LogP contribution is -2.23. The molecule has 0 aliphatic rings. The van der Waals surface area contributed by atoms with E-state index in [0.717, 1.165) is 5.56 Å². The van der Waals surface area contributed by atoms with E-state index >= 15 is 0 Å². The highest BCUT2D eigenvalue weighted by atomic mass is 35.5. The molecule has 0 saturated heterocycles. The van der Waals surface area contributed by atoms with E-state index in [0.29, 0.717) is 10.6 Å². The van der Waals surface area contributed by atoms with Crippen LogP contribution in [0.3, 0.4) is 0 Å². The van der Waals surface area contributed by atoms with E-state index in [1.807, 2.05) is 0 Å². The monoisotopic (exact) mass is 348 g/mol. The van der Waals surface area contributed by atoms with Gasteiger partial charge in [-0.3, -0.25) is 4.68 Å². The summed E-state index contributed by atoms with van der Waals surface area (Å²) >= 11 is 12.0. The molecule has 6 nitrogen and oxygen atoms in total. The van der Waals surface area contributed by atoms with Crippen molar-refractivity contribution >= 4 is 33.2 Å². The van der Waals surface area contributed by atoms with Crippen molar-refractivity contribution in [3.63, 3.8) is 0 Å². The maximum Gasteiger partial charge on any atom is 0.242 e. The molecule has 0 unspecified atom stereocenters. The van der Waals surface area contributed by atoms with E-state index in [9.17, 15) is 8.42 Å². The third kappa shape index (κ3) is 3.56. The first-order chi connectivity index (χ1) is 9.85. The molecule has 1 aromatic heterocycles. The summed E-state index contributed by atoms with van der Waals surface area (Å²) in [6, 6.07) is 2.82. The molecule has 0 radical (unpaired) electrons. The summed E-state index contributed by atoms with van der Waals surface area (Å²) in [5, 5.41) is 4.35. The summed E-state index contributed by atoms with van der Waals surface area (Å²) in [6.07, 6.45) is 3.30. The number of hydrogen-bond donors (Lipinski definition) is 2. The highest BCUT2D eigenvalue weighted by Gasteiger charge is 2.21. The fourth-order valence-electron chi connectivity index (χ4n) is 1.79. The van der Waals surface area contributed by atoms with Crippen LogP contribution in [0.2, 0.25) is 10.0 Å². The van der Waals surface area contributed by atoms with Crippen LogP contribution in [0.5, 0.6) is 0 Å². The lowest BCUT2D eigenvalue weighted by molar-refractivity contribution is 0.581. The Bertz CT molecular complexity index is 759. The maximum atomic E-state index is 12.3. The lowest BCUT2D eigenvalue weighted by atomic mass is 10.2. The van der Waals surface area contributed by atoms with Gasteiger partial charge in [-0.1, -0.05) is 23.2 Å². The van der Waals surface area contributed by atoms with E-state index in [1.165, 1.54) is 12.1 Å². The molecule has 9 heteroatoms. The van der Waals surface area contributed by atoms with Gasteiger partial charge in [-0.15, -0.1) is 0 Å². The number of nitrogens with zero attached hydrogens (tertiary/aromatic N) is 2. The second kappa shape index (κ2) is 6.33. The number of nitrogens with one attached hydrogen (secondary N) is 1. The summed E-state index contributed by atoms with van der Waals surface area (Å²) in [4.78, 5) is -0.0436. The second-order valence-electron chi connectivity index (χ2n) is 4.39. The molecule has 1 aromatic carbocycles. The Morgan fingerprint density at radius 3 is 2.67 bits per heavy atom. The SMILES string of the molecule is Cn1cc(CNS(=O)(=O)c2ccc(Cl)c(CN)c2Cl)cn1. The summed E-state index contributed by atoms with van der Waals surface area (Å²) < 4.78 is 28.7. The molecule has 2 rings (SSSR count). The van der Waals surface area contributed by atoms with Crippen LogP contribution in [0.15, 0.2) is 29.4 Å². The number of aryl methyl sites for hydroxylation is 1. The number of nitrogens with two attached hydrogens (primary N) is 1. The van der Waals surface area contributed by atoms with Gasteiger partial charge in [0.15, 0.2) is 0 Å². The van der Waals surface area contributed by atoms with E-state index in [2.05, 4.69) is 9.82 Å². The molecule has 0 bridgehead atoms. The lowest BCUT2D eigenvalue weighted by Gasteiger charge is -2.11. The van der Waals surface area contributed by atoms with Gasteiger partial charge in [0.2, 0.25) is 10.0 Å². The molecule has 3 N–H and O–H groups in total. The van der Waals surface area contributed by atoms with Crippen LogP contribution in [0.4, 0.5) is 0 Å². The Balaban J connectivity index is 2.27. The molecule has 1 heterocycles. The molecule has 114 valence electrons. The number of aromatic nitrogens is 2. The molecule has 0 amide bonds. The Morgan fingerprint density at radius 2 is 2.10 bits per heavy atom. The largest absolute Gasteiger partial charge is 0.326 e. The smallest absolute Gasteiger partial charge is 0.242 e. The minimum absolute atomic E-state index is 0.0436. The van der Waals surface area contributed by atoms with Gasteiger partial charge in [-0.25, -0.2) is 13.1 Å². The Labute approximate surface area is 132 Å². The van der Waals surface area contributed by atoms with Gasteiger partial charge in [0.1, 0.15) is 4.90 Å². The first-order valence-corrected chi connectivity index (χ1v) is 8.23. The zero-order chi connectivity index (χ0) is 15.6.